The number of rotatable bonds is 4. The van der Waals surface area contributed by atoms with E-state index in [1.165, 1.54) is 5.56 Å². The van der Waals surface area contributed by atoms with E-state index in [0.29, 0.717) is 6.42 Å². The molecule has 110 valence electrons. The Hall–Kier alpha value is -1.35. The van der Waals surface area contributed by atoms with Crippen molar-refractivity contribution >= 4 is 5.91 Å². The molecule has 0 radical (unpaired) electrons. The molecule has 2 unspecified atom stereocenters. The first-order valence-electron chi connectivity index (χ1n) is 7.41. The Morgan fingerprint density at radius 3 is 2.90 bits per heavy atom. The lowest BCUT2D eigenvalue weighted by atomic mass is 9.85. The minimum Gasteiger partial charge on any atom is -0.396 e. The predicted octanol–water partition coefficient (Wildman–Crippen LogP) is 2.51. The quantitative estimate of drug-likeness (QED) is 0.887. The fraction of sp³-hybridized carbons (Fsp3) is 0.588. The number of hydrogen-bond donors (Lipinski definition) is 2. The Balaban J connectivity index is 2.01. The zero-order valence-corrected chi connectivity index (χ0v) is 12.7. The maximum absolute atomic E-state index is 12.2. The zero-order valence-electron chi connectivity index (χ0n) is 12.7. The van der Waals surface area contributed by atoms with Gasteiger partial charge in [0, 0.05) is 11.5 Å². The molecule has 0 bridgehead atoms. The number of carbonyl (C=O) groups excluding carboxylic acids is 1. The second kappa shape index (κ2) is 5.96. The van der Waals surface area contributed by atoms with E-state index in [1.807, 2.05) is 13.8 Å². The topological polar surface area (TPSA) is 49.3 Å². The van der Waals surface area contributed by atoms with Crippen LogP contribution in [-0.2, 0) is 11.2 Å². The first-order valence-corrected chi connectivity index (χ1v) is 7.41. The van der Waals surface area contributed by atoms with Crippen LogP contribution in [0.4, 0.5) is 0 Å². The molecular formula is C17H25NO2. The molecule has 0 spiro atoms. The van der Waals surface area contributed by atoms with Gasteiger partial charge in [-0.1, -0.05) is 37.1 Å². The highest BCUT2D eigenvalue weighted by Crippen LogP contribution is 2.37. The van der Waals surface area contributed by atoms with Gasteiger partial charge in [-0.15, -0.1) is 0 Å². The summed E-state index contributed by atoms with van der Waals surface area (Å²) >= 11 is 0. The standard InChI is InChI=1S/C17H25NO2/c1-12-6-7-13(2)14(9-12)10-16(20)18-15-5-4-8-17(15,3)11-19/h6-7,9,15,19H,4-5,8,10-11H2,1-3H3,(H,18,20). The molecule has 1 aliphatic carbocycles. The molecule has 1 amide bonds. The van der Waals surface area contributed by atoms with E-state index >= 15 is 0 Å². The van der Waals surface area contributed by atoms with E-state index < -0.39 is 0 Å². The number of amides is 1. The minimum atomic E-state index is -0.155. The molecule has 0 saturated heterocycles. The number of hydrogen-bond acceptors (Lipinski definition) is 2. The van der Waals surface area contributed by atoms with Crippen LogP contribution in [0.3, 0.4) is 0 Å². The summed E-state index contributed by atoms with van der Waals surface area (Å²) in [5.41, 5.74) is 3.27. The summed E-state index contributed by atoms with van der Waals surface area (Å²) < 4.78 is 0. The maximum Gasteiger partial charge on any atom is 0.224 e. The van der Waals surface area contributed by atoms with Gasteiger partial charge in [0.25, 0.3) is 0 Å². The van der Waals surface area contributed by atoms with Crippen LogP contribution in [0.5, 0.6) is 0 Å². The molecule has 2 rings (SSSR count). The third-order valence-electron chi connectivity index (χ3n) is 4.63. The minimum absolute atomic E-state index is 0.0604. The second-order valence-corrected chi connectivity index (χ2v) is 6.43. The van der Waals surface area contributed by atoms with Gasteiger partial charge in [0.1, 0.15) is 0 Å². The largest absolute Gasteiger partial charge is 0.396 e. The average Bonchev–Trinajstić information content (AvgIpc) is 2.76. The lowest BCUT2D eigenvalue weighted by Gasteiger charge is -2.30. The molecular weight excluding hydrogens is 250 g/mol. The molecule has 0 aromatic heterocycles. The van der Waals surface area contributed by atoms with Crippen molar-refractivity contribution in [3.63, 3.8) is 0 Å². The molecule has 3 nitrogen and oxygen atoms in total. The van der Waals surface area contributed by atoms with Crippen molar-refractivity contribution in [2.45, 2.75) is 52.5 Å². The molecule has 3 heteroatoms. The van der Waals surface area contributed by atoms with Crippen LogP contribution in [-0.4, -0.2) is 23.7 Å². The Kier molecular flexibility index (Phi) is 4.48. The van der Waals surface area contributed by atoms with Gasteiger partial charge in [-0.25, -0.2) is 0 Å². The maximum atomic E-state index is 12.2. The van der Waals surface area contributed by atoms with Crippen LogP contribution >= 0.6 is 0 Å². The predicted molar refractivity (Wildman–Crippen MR) is 80.6 cm³/mol. The van der Waals surface area contributed by atoms with Crippen molar-refractivity contribution in [1.82, 2.24) is 5.32 Å². The lowest BCUT2D eigenvalue weighted by Crippen LogP contribution is -2.45. The normalized spacial score (nSPS) is 25.7. The number of aryl methyl sites for hydroxylation is 2. The monoisotopic (exact) mass is 275 g/mol. The van der Waals surface area contributed by atoms with Crippen LogP contribution < -0.4 is 5.32 Å². The van der Waals surface area contributed by atoms with Crippen molar-refractivity contribution < 1.29 is 9.90 Å². The first-order chi connectivity index (χ1) is 9.44. The Bertz CT molecular complexity index is 498. The van der Waals surface area contributed by atoms with Crippen LogP contribution in [0, 0.1) is 19.3 Å². The van der Waals surface area contributed by atoms with E-state index in [-0.39, 0.29) is 24.0 Å². The van der Waals surface area contributed by atoms with Crippen molar-refractivity contribution in [1.29, 1.82) is 0 Å². The molecule has 1 aromatic carbocycles. The molecule has 1 fully saturated rings. The van der Waals surface area contributed by atoms with Gasteiger partial charge in [-0.2, -0.15) is 0 Å². The SMILES string of the molecule is Cc1ccc(C)c(CC(=O)NC2CCCC2(C)CO)c1. The Morgan fingerprint density at radius 1 is 1.45 bits per heavy atom. The van der Waals surface area contributed by atoms with Gasteiger partial charge in [0.05, 0.1) is 13.0 Å². The smallest absolute Gasteiger partial charge is 0.224 e. The third kappa shape index (κ3) is 3.21. The summed E-state index contributed by atoms with van der Waals surface area (Å²) in [6.45, 7) is 6.28. The molecule has 1 aromatic rings. The fourth-order valence-electron chi connectivity index (χ4n) is 3.08. The van der Waals surface area contributed by atoms with Crippen molar-refractivity contribution in [3.05, 3.63) is 34.9 Å². The van der Waals surface area contributed by atoms with Crippen LogP contribution in [0.15, 0.2) is 18.2 Å². The van der Waals surface area contributed by atoms with Gasteiger partial charge in [0.2, 0.25) is 5.91 Å². The second-order valence-electron chi connectivity index (χ2n) is 6.43. The molecule has 0 aliphatic heterocycles. The summed E-state index contributed by atoms with van der Waals surface area (Å²) in [4.78, 5) is 12.2. The third-order valence-corrected chi connectivity index (χ3v) is 4.63. The van der Waals surface area contributed by atoms with Gasteiger partial charge < -0.3 is 10.4 Å². The molecule has 1 saturated carbocycles. The first kappa shape index (κ1) is 15.0. The van der Waals surface area contributed by atoms with E-state index in [0.717, 1.165) is 30.4 Å². The number of nitrogens with one attached hydrogen (secondary N) is 1. The van der Waals surface area contributed by atoms with Crippen molar-refractivity contribution in [3.8, 4) is 0 Å². The molecule has 2 atom stereocenters. The zero-order chi connectivity index (χ0) is 14.8. The lowest BCUT2D eigenvalue weighted by molar-refractivity contribution is -0.122. The highest BCUT2D eigenvalue weighted by atomic mass is 16.3. The van der Waals surface area contributed by atoms with Crippen LogP contribution in [0.2, 0.25) is 0 Å². The Morgan fingerprint density at radius 2 is 2.20 bits per heavy atom. The highest BCUT2D eigenvalue weighted by molar-refractivity contribution is 5.79. The fourth-order valence-corrected chi connectivity index (χ4v) is 3.08. The molecule has 20 heavy (non-hydrogen) atoms. The summed E-state index contributed by atoms with van der Waals surface area (Å²) in [6, 6.07) is 6.31. The average molecular weight is 275 g/mol. The highest BCUT2D eigenvalue weighted by Gasteiger charge is 2.38. The van der Waals surface area contributed by atoms with Crippen LogP contribution in [0.1, 0.15) is 42.9 Å². The number of benzene rings is 1. The molecule has 2 N–H and O–H groups in total. The van der Waals surface area contributed by atoms with E-state index in [4.69, 9.17) is 0 Å². The van der Waals surface area contributed by atoms with Crippen molar-refractivity contribution in [2.24, 2.45) is 5.41 Å². The number of carbonyl (C=O) groups is 1. The summed E-state index contributed by atoms with van der Waals surface area (Å²) in [5.74, 6) is 0.0604. The number of aliphatic hydroxyl groups excluding tert-OH is 1. The summed E-state index contributed by atoms with van der Waals surface area (Å²) in [7, 11) is 0. The summed E-state index contributed by atoms with van der Waals surface area (Å²) in [5, 5.41) is 12.6. The van der Waals surface area contributed by atoms with Gasteiger partial charge in [-0.05, 0) is 37.8 Å². The van der Waals surface area contributed by atoms with Gasteiger partial charge in [0.15, 0.2) is 0 Å². The van der Waals surface area contributed by atoms with E-state index in [2.05, 4.69) is 30.4 Å². The molecule has 0 heterocycles. The Labute approximate surface area is 121 Å². The molecule has 1 aliphatic rings. The van der Waals surface area contributed by atoms with Crippen molar-refractivity contribution in [2.75, 3.05) is 6.61 Å². The van der Waals surface area contributed by atoms with Gasteiger partial charge >= 0.3 is 0 Å². The van der Waals surface area contributed by atoms with E-state index in [1.54, 1.807) is 0 Å². The summed E-state index contributed by atoms with van der Waals surface area (Å²) in [6.07, 6.45) is 3.45. The van der Waals surface area contributed by atoms with Crippen LogP contribution in [0.25, 0.3) is 0 Å². The number of aliphatic hydroxyl groups is 1. The van der Waals surface area contributed by atoms with Gasteiger partial charge in [-0.3, -0.25) is 4.79 Å². The van der Waals surface area contributed by atoms with E-state index in [9.17, 15) is 9.90 Å².